The van der Waals surface area contributed by atoms with Crippen molar-refractivity contribution >= 4 is 38.5 Å². The molecule has 1 aromatic rings. The Morgan fingerprint density at radius 2 is 2.21 bits per heavy atom. The highest BCUT2D eigenvalue weighted by Gasteiger charge is 1.94. The van der Waals surface area contributed by atoms with E-state index in [9.17, 15) is 0 Å². The van der Waals surface area contributed by atoms with Gasteiger partial charge in [-0.05, 0) is 51.4 Å². The molecule has 1 aromatic heterocycles. The molecule has 1 heterocycles. The summed E-state index contributed by atoms with van der Waals surface area (Å²) < 4.78 is 2.29. The summed E-state index contributed by atoms with van der Waals surface area (Å²) in [5, 5.41) is 3.40. The lowest BCUT2D eigenvalue weighted by Gasteiger charge is -2.03. The van der Waals surface area contributed by atoms with Crippen LogP contribution >= 0.6 is 38.5 Å². The maximum Gasteiger partial charge on any atom is 0.0410 e. The van der Waals surface area contributed by atoms with Crippen molar-refractivity contribution in [2.75, 3.05) is 11.0 Å². The summed E-state index contributed by atoms with van der Waals surface area (Å²) in [5.74, 6) is 0. The van der Waals surface area contributed by atoms with Gasteiger partial charge in [-0.1, -0.05) is 22.6 Å². The van der Waals surface area contributed by atoms with E-state index in [0.29, 0.717) is 0 Å². The predicted octanol–water partition coefficient (Wildman–Crippen LogP) is 3.15. The number of pyridine rings is 1. The van der Waals surface area contributed by atoms with Crippen LogP contribution in [-0.2, 0) is 6.54 Å². The number of hydrogen-bond donors (Lipinski definition) is 1. The first kappa shape index (κ1) is 12.4. The van der Waals surface area contributed by atoms with Gasteiger partial charge >= 0.3 is 0 Å². The van der Waals surface area contributed by atoms with Gasteiger partial charge in [0, 0.05) is 23.4 Å². The monoisotopic (exact) mass is 368 g/mol. The maximum atomic E-state index is 4.11. The zero-order valence-electron chi connectivity index (χ0n) is 7.97. The molecule has 1 N–H and O–H groups in total. The second kappa shape index (κ2) is 7.59. The highest BCUT2D eigenvalue weighted by Crippen LogP contribution is 2.09. The molecule has 0 saturated heterocycles. The van der Waals surface area contributed by atoms with Gasteiger partial charge in [-0.25, -0.2) is 0 Å². The Hall–Kier alpha value is 0.320. The normalized spacial score (nSPS) is 10.4. The van der Waals surface area contributed by atoms with Crippen molar-refractivity contribution in [1.82, 2.24) is 10.3 Å². The molecule has 0 aromatic carbocycles. The van der Waals surface area contributed by atoms with Crippen LogP contribution in [0.3, 0.4) is 0 Å². The molecule has 0 bridgehead atoms. The molecule has 0 aliphatic heterocycles. The minimum atomic E-state index is 0.910. The summed E-state index contributed by atoms with van der Waals surface area (Å²) in [4.78, 5) is 4.11. The smallest absolute Gasteiger partial charge is 0.0410 e. The van der Waals surface area contributed by atoms with Gasteiger partial charge in [-0.3, -0.25) is 4.98 Å². The van der Waals surface area contributed by atoms with Crippen LogP contribution < -0.4 is 5.32 Å². The van der Waals surface area contributed by atoms with Crippen LogP contribution in [0, 0.1) is 0 Å². The van der Waals surface area contributed by atoms with E-state index in [1.165, 1.54) is 22.8 Å². The first-order valence-corrected chi connectivity index (χ1v) is 7.01. The molecule has 78 valence electrons. The van der Waals surface area contributed by atoms with Crippen molar-refractivity contribution in [3.63, 3.8) is 0 Å². The van der Waals surface area contributed by atoms with E-state index in [2.05, 4.69) is 54.9 Å². The first-order valence-electron chi connectivity index (χ1n) is 4.69. The van der Waals surface area contributed by atoms with E-state index in [4.69, 9.17) is 0 Å². The van der Waals surface area contributed by atoms with Gasteiger partial charge in [-0.2, -0.15) is 0 Å². The van der Waals surface area contributed by atoms with E-state index in [1.807, 2.05) is 6.20 Å². The molecule has 2 nitrogen and oxygen atoms in total. The van der Waals surface area contributed by atoms with E-state index in [1.54, 1.807) is 6.20 Å². The second-order valence-corrected chi connectivity index (χ2v) is 5.08. The van der Waals surface area contributed by atoms with Crippen molar-refractivity contribution in [2.24, 2.45) is 0 Å². The number of halogens is 2. The summed E-state index contributed by atoms with van der Waals surface area (Å²) in [6.07, 6.45) is 6.25. The lowest BCUT2D eigenvalue weighted by atomic mass is 10.3. The SMILES string of the molecule is Brc1cncc(CNCCCCI)c1. The quantitative estimate of drug-likeness (QED) is 0.474. The molecule has 0 saturated carbocycles. The average molecular weight is 369 g/mol. The Labute approximate surface area is 107 Å². The largest absolute Gasteiger partial charge is 0.313 e. The first-order chi connectivity index (χ1) is 6.83. The van der Waals surface area contributed by atoms with Crippen molar-refractivity contribution in [3.05, 3.63) is 28.5 Å². The molecular formula is C10H14BrIN2. The fourth-order valence-electron chi connectivity index (χ4n) is 1.13. The Bertz CT molecular complexity index is 268. The molecule has 0 aliphatic carbocycles. The van der Waals surface area contributed by atoms with E-state index >= 15 is 0 Å². The Morgan fingerprint density at radius 1 is 1.36 bits per heavy atom. The fraction of sp³-hybridized carbons (Fsp3) is 0.500. The Morgan fingerprint density at radius 3 is 2.93 bits per heavy atom. The van der Waals surface area contributed by atoms with E-state index in [0.717, 1.165) is 17.6 Å². The lowest BCUT2D eigenvalue weighted by Crippen LogP contribution is -2.14. The summed E-state index contributed by atoms with van der Waals surface area (Å²) in [5.41, 5.74) is 1.23. The van der Waals surface area contributed by atoms with E-state index < -0.39 is 0 Å². The van der Waals surface area contributed by atoms with Crippen molar-refractivity contribution in [2.45, 2.75) is 19.4 Å². The average Bonchev–Trinajstić information content (AvgIpc) is 2.18. The summed E-state index contributed by atoms with van der Waals surface area (Å²) >= 11 is 5.82. The molecule has 0 fully saturated rings. The van der Waals surface area contributed by atoms with Crippen LogP contribution in [0.15, 0.2) is 22.9 Å². The van der Waals surface area contributed by atoms with Gasteiger partial charge in [0.2, 0.25) is 0 Å². The van der Waals surface area contributed by atoms with Crippen LogP contribution in [0.4, 0.5) is 0 Å². The number of unbranched alkanes of at least 4 members (excludes halogenated alkanes) is 1. The summed E-state index contributed by atoms with van der Waals surface area (Å²) in [7, 11) is 0. The van der Waals surface area contributed by atoms with Crippen LogP contribution in [-0.4, -0.2) is 16.0 Å². The molecule has 1 rings (SSSR count). The maximum absolute atomic E-state index is 4.11. The zero-order chi connectivity index (χ0) is 10.2. The molecule has 0 spiro atoms. The van der Waals surface area contributed by atoms with Crippen molar-refractivity contribution in [1.29, 1.82) is 0 Å². The van der Waals surface area contributed by atoms with Crippen LogP contribution in [0.1, 0.15) is 18.4 Å². The molecule has 0 radical (unpaired) electrons. The molecule has 0 unspecified atom stereocenters. The van der Waals surface area contributed by atoms with Gasteiger partial charge in [0.1, 0.15) is 0 Å². The van der Waals surface area contributed by atoms with E-state index in [-0.39, 0.29) is 0 Å². The Kier molecular flexibility index (Phi) is 6.72. The molecule has 14 heavy (non-hydrogen) atoms. The minimum Gasteiger partial charge on any atom is -0.313 e. The number of rotatable bonds is 6. The number of nitrogens with one attached hydrogen (secondary N) is 1. The third-order valence-corrected chi connectivity index (χ3v) is 3.02. The topological polar surface area (TPSA) is 24.9 Å². The van der Waals surface area contributed by atoms with Crippen LogP contribution in [0.2, 0.25) is 0 Å². The van der Waals surface area contributed by atoms with Gasteiger partial charge in [0.25, 0.3) is 0 Å². The number of nitrogens with zero attached hydrogens (tertiary/aromatic N) is 1. The lowest BCUT2D eigenvalue weighted by molar-refractivity contribution is 0.644. The number of hydrogen-bond acceptors (Lipinski definition) is 2. The molecule has 0 aliphatic rings. The fourth-order valence-corrected chi connectivity index (χ4v) is 2.08. The van der Waals surface area contributed by atoms with Gasteiger partial charge in [0.05, 0.1) is 0 Å². The molecular weight excluding hydrogens is 355 g/mol. The van der Waals surface area contributed by atoms with Crippen LogP contribution in [0.5, 0.6) is 0 Å². The highest BCUT2D eigenvalue weighted by atomic mass is 127. The Balaban J connectivity index is 2.18. The van der Waals surface area contributed by atoms with Crippen molar-refractivity contribution in [3.8, 4) is 0 Å². The third-order valence-electron chi connectivity index (χ3n) is 1.83. The van der Waals surface area contributed by atoms with Gasteiger partial charge in [0.15, 0.2) is 0 Å². The predicted molar refractivity (Wildman–Crippen MR) is 71.8 cm³/mol. The highest BCUT2D eigenvalue weighted by molar-refractivity contribution is 14.1. The van der Waals surface area contributed by atoms with Crippen molar-refractivity contribution < 1.29 is 0 Å². The summed E-state index contributed by atoms with van der Waals surface area (Å²) in [6, 6.07) is 2.10. The molecule has 0 amide bonds. The minimum absolute atomic E-state index is 0.910. The third kappa shape index (κ3) is 5.26. The van der Waals surface area contributed by atoms with Gasteiger partial charge < -0.3 is 5.32 Å². The molecule has 0 atom stereocenters. The second-order valence-electron chi connectivity index (χ2n) is 3.08. The van der Waals surface area contributed by atoms with Gasteiger partial charge in [-0.15, -0.1) is 0 Å². The zero-order valence-corrected chi connectivity index (χ0v) is 11.7. The molecule has 4 heteroatoms. The number of alkyl halides is 1. The number of aromatic nitrogens is 1. The summed E-state index contributed by atoms with van der Waals surface area (Å²) in [6.45, 7) is 2.00. The standard InChI is InChI=1S/C10H14BrIN2/c11-10-5-9(7-14-8-10)6-13-4-2-1-3-12/h5,7-8,13H,1-4,6H2. The van der Waals surface area contributed by atoms with Crippen LogP contribution in [0.25, 0.3) is 0 Å².